The van der Waals surface area contributed by atoms with Crippen LogP contribution in [0.25, 0.3) is 0 Å². The van der Waals surface area contributed by atoms with Gasteiger partial charge in [0.2, 0.25) is 5.89 Å². The quantitative estimate of drug-likeness (QED) is 0.697. The lowest BCUT2D eigenvalue weighted by Gasteiger charge is -2.07. The van der Waals surface area contributed by atoms with Gasteiger partial charge in [0.1, 0.15) is 0 Å². The minimum absolute atomic E-state index is 0.227. The van der Waals surface area contributed by atoms with Crippen LogP contribution in [-0.2, 0) is 11.3 Å². The van der Waals surface area contributed by atoms with Crippen LogP contribution in [-0.4, -0.2) is 30.5 Å². The van der Waals surface area contributed by atoms with Crippen molar-refractivity contribution in [3.63, 3.8) is 0 Å². The first-order valence-corrected chi connectivity index (χ1v) is 7.58. The maximum absolute atomic E-state index is 6.12. The Kier molecular flexibility index (Phi) is 6.25. The molecule has 0 bridgehead atoms. The van der Waals surface area contributed by atoms with Crippen molar-refractivity contribution in [3.8, 4) is 0 Å². The summed E-state index contributed by atoms with van der Waals surface area (Å²) >= 11 is 15.5. The van der Waals surface area contributed by atoms with Gasteiger partial charge in [-0.25, -0.2) is 0 Å². The van der Waals surface area contributed by atoms with Crippen molar-refractivity contribution in [2.45, 2.75) is 6.54 Å². The van der Waals surface area contributed by atoms with Crippen LogP contribution >= 0.6 is 39.1 Å². The van der Waals surface area contributed by atoms with Crippen molar-refractivity contribution in [1.82, 2.24) is 15.5 Å². The number of hydrogen-bond acceptors (Lipinski definition) is 6. The molecule has 0 amide bonds. The minimum atomic E-state index is 0.227. The molecule has 1 aromatic heterocycles. The summed E-state index contributed by atoms with van der Waals surface area (Å²) in [5.74, 6) is 0.456. The van der Waals surface area contributed by atoms with Crippen LogP contribution in [0.3, 0.4) is 0 Å². The van der Waals surface area contributed by atoms with Crippen LogP contribution < -0.4 is 10.6 Å². The molecule has 0 saturated heterocycles. The van der Waals surface area contributed by atoms with Gasteiger partial charge in [0.15, 0.2) is 0 Å². The summed E-state index contributed by atoms with van der Waals surface area (Å²) < 4.78 is 11.2. The summed E-state index contributed by atoms with van der Waals surface area (Å²) in [6.07, 6.45) is 0. The van der Waals surface area contributed by atoms with Crippen LogP contribution in [0.1, 0.15) is 5.89 Å². The smallest absolute Gasteiger partial charge is 0.320 e. The lowest BCUT2D eigenvalue weighted by Crippen LogP contribution is -2.18. The molecule has 0 atom stereocenters. The van der Waals surface area contributed by atoms with Gasteiger partial charge in [0.25, 0.3) is 0 Å². The molecule has 0 saturated carbocycles. The van der Waals surface area contributed by atoms with E-state index < -0.39 is 0 Å². The zero-order valence-corrected chi connectivity index (χ0v) is 14.2. The Hall–Kier alpha value is -0.860. The minimum Gasteiger partial charge on any atom is -0.406 e. The molecule has 9 heteroatoms. The molecule has 1 aromatic carbocycles. The van der Waals surface area contributed by atoms with Crippen LogP contribution in [0.5, 0.6) is 0 Å². The molecular formula is C12H13BrCl2N4O2. The van der Waals surface area contributed by atoms with E-state index in [9.17, 15) is 0 Å². The predicted molar refractivity (Wildman–Crippen MR) is 85.3 cm³/mol. The highest BCUT2D eigenvalue weighted by Gasteiger charge is 2.12. The van der Waals surface area contributed by atoms with E-state index in [1.165, 1.54) is 0 Å². The number of hydrogen-bond donors (Lipinski definition) is 2. The summed E-state index contributed by atoms with van der Waals surface area (Å²) in [7, 11) is 1.64. The van der Waals surface area contributed by atoms with E-state index >= 15 is 0 Å². The van der Waals surface area contributed by atoms with E-state index in [1.54, 1.807) is 19.2 Å². The number of rotatable bonds is 7. The van der Waals surface area contributed by atoms with E-state index in [0.717, 1.165) is 4.47 Å². The van der Waals surface area contributed by atoms with E-state index in [0.29, 0.717) is 41.3 Å². The summed E-state index contributed by atoms with van der Waals surface area (Å²) in [6.45, 7) is 1.77. The number of nitrogens with one attached hydrogen (secondary N) is 2. The second-order valence-corrected chi connectivity index (χ2v) is 5.77. The molecule has 0 unspecified atom stereocenters. The van der Waals surface area contributed by atoms with E-state index in [-0.39, 0.29) is 6.01 Å². The average molecular weight is 396 g/mol. The number of ether oxygens (including phenoxy) is 1. The Morgan fingerprint density at radius 2 is 2.00 bits per heavy atom. The monoisotopic (exact) mass is 394 g/mol. The number of halogens is 3. The molecule has 2 N–H and O–H groups in total. The Morgan fingerprint density at radius 1 is 1.29 bits per heavy atom. The lowest BCUT2D eigenvalue weighted by atomic mass is 10.3. The second-order valence-electron chi connectivity index (χ2n) is 4.04. The first kappa shape index (κ1) is 16.5. The van der Waals surface area contributed by atoms with E-state index in [4.69, 9.17) is 32.4 Å². The highest BCUT2D eigenvalue weighted by atomic mass is 79.9. The number of aromatic nitrogens is 2. The fraction of sp³-hybridized carbons (Fsp3) is 0.333. The normalized spacial score (nSPS) is 10.9. The highest BCUT2D eigenvalue weighted by molar-refractivity contribution is 9.10. The Labute approximate surface area is 140 Å². The molecule has 2 rings (SSSR count). The highest BCUT2D eigenvalue weighted by Crippen LogP contribution is 2.35. The van der Waals surface area contributed by atoms with Crippen molar-refractivity contribution in [1.29, 1.82) is 0 Å². The largest absolute Gasteiger partial charge is 0.406 e. The Balaban J connectivity index is 1.99. The maximum Gasteiger partial charge on any atom is 0.320 e. The van der Waals surface area contributed by atoms with Crippen molar-refractivity contribution in [2.24, 2.45) is 0 Å². The van der Waals surface area contributed by atoms with Gasteiger partial charge in [-0.2, -0.15) is 0 Å². The molecule has 0 aliphatic heterocycles. The zero-order valence-electron chi connectivity index (χ0n) is 11.1. The van der Waals surface area contributed by atoms with E-state index in [1.807, 2.05) is 0 Å². The first-order valence-electron chi connectivity index (χ1n) is 6.03. The number of nitrogens with zero attached hydrogens (tertiary/aromatic N) is 2. The van der Waals surface area contributed by atoms with Gasteiger partial charge in [0.05, 0.1) is 28.9 Å². The molecule has 114 valence electrons. The summed E-state index contributed by atoms with van der Waals surface area (Å²) in [5, 5.41) is 14.7. The third-order valence-corrected chi connectivity index (χ3v) is 3.52. The standard InChI is InChI=1S/C12H13BrCl2N4O2/c1-20-3-2-16-6-10-18-19-12(21-10)17-11-8(14)4-7(13)5-9(11)15/h4-5,16H,2-3,6H2,1H3,(H,17,19). The second kappa shape index (κ2) is 7.95. The van der Waals surface area contributed by atoms with Crippen molar-refractivity contribution < 1.29 is 9.15 Å². The topological polar surface area (TPSA) is 72.2 Å². The third-order valence-electron chi connectivity index (χ3n) is 2.46. The lowest BCUT2D eigenvalue weighted by molar-refractivity contribution is 0.198. The number of benzene rings is 1. The maximum atomic E-state index is 6.12. The van der Waals surface area contributed by atoms with Gasteiger partial charge in [0, 0.05) is 18.1 Å². The summed E-state index contributed by atoms with van der Waals surface area (Å²) in [4.78, 5) is 0. The number of methoxy groups -OCH3 is 1. The van der Waals surface area contributed by atoms with Gasteiger partial charge in [-0.3, -0.25) is 0 Å². The Bertz CT molecular complexity index is 586. The molecular weight excluding hydrogens is 383 g/mol. The first-order chi connectivity index (χ1) is 10.1. The molecule has 0 spiro atoms. The van der Waals surface area contributed by atoms with Crippen molar-refractivity contribution in [2.75, 3.05) is 25.6 Å². The van der Waals surface area contributed by atoms with E-state index in [2.05, 4.69) is 36.8 Å². The fourth-order valence-corrected chi connectivity index (χ4v) is 2.82. The molecule has 1 heterocycles. The molecule has 6 nitrogen and oxygen atoms in total. The van der Waals surface area contributed by atoms with Gasteiger partial charge >= 0.3 is 6.01 Å². The van der Waals surface area contributed by atoms with Crippen LogP contribution in [0.4, 0.5) is 11.7 Å². The number of anilines is 2. The van der Waals surface area contributed by atoms with Crippen LogP contribution in [0.15, 0.2) is 21.0 Å². The predicted octanol–water partition coefficient (Wildman–Crippen LogP) is 3.62. The fourth-order valence-electron chi connectivity index (χ4n) is 1.51. The molecule has 0 aliphatic rings. The average Bonchev–Trinajstić information content (AvgIpc) is 2.87. The Morgan fingerprint density at radius 3 is 2.67 bits per heavy atom. The van der Waals surface area contributed by atoms with Gasteiger partial charge in [-0.05, 0) is 12.1 Å². The molecule has 0 fully saturated rings. The van der Waals surface area contributed by atoms with Crippen molar-refractivity contribution >= 4 is 50.8 Å². The summed E-state index contributed by atoms with van der Waals surface area (Å²) in [6, 6.07) is 3.67. The van der Waals surface area contributed by atoms with Crippen LogP contribution in [0.2, 0.25) is 10.0 Å². The molecule has 0 radical (unpaired) electrons. The van der Waals surface area contributed by atoms with Gasteiger partial charge in [-0.15, -0.1) is 5.10 Å². The SMILES string of the molecule is COCCNCc1nnc(Nc2c(Cl)cc(Br)cc2Cl)o1. The molecule has 21 heavy (non-hydrogen) atoms. The van der Waals surface area contributed by atoms with Gasteiger partial charge < -0.3 is 19.8 Å². The zero-order chi connectivity index (χ0) is 15.2. The van der Waals surface area contributed by atoms with Gasteiger partial charge in [-0.1, -0.05) is 44.2 Å². The van der Waals surface area contributed by atoms with Crippen molar-refractivity contribution in [3.05, 3.63) is 32.5 Å². The molecule has 0 aliphatic carbocycles. The third kappa shape index (κ3) is 4.82. The summed E-state index contributed by atoms with van der Waals surface area (Å²) in [5.41, 5.74) is 0.518. The van der Waals surface area contributed by atoms with Crippen LogP contribution in [0, 0.1) is 0 Å². The molecule has 2 aromatic rings.